The molecule has 7 nitrogen and oxygen atoms in total. The molecular weight excluding hydrogens is 514 g/mol. The van der Waals surface area contributed by atoms with Crippen LogP contribution in [0.1, 0.15) is 23.3 Å². The Balaban J connectivity index is 1.24. The fraction of sp³-hybridized carbons (Fsp3) is 0.480. The number of amides is 1. The molecule has 1 unspecified atom stereocenters. The van der Waals surface area contributed by atoms with E-state index >= 15 is 0 Å². The number of aryl methyl sites for hydroxylation is 1. The predicted octanol–water partition coefficient (Wildman–Crippen LogP) is 4.48. The Hall–Kier alpha value is -2.07. The van der Waals surface area contributed by atoms with E-state index in [9.17, 15) is 4.79 Å². The lowest BCUT2D eigenvalue weighted by Gasteiger charge is -2.35. The molecule has 1 aliphatic heterocycles. The summed E-state index contributed by atoms with van der Waals surface area (Å²) in [5.74, 6) is 1.56. The molecule has 180 valence electrons. The smallest absolute Gasteiger partial charge is 0.222 e. The van der Waals surface area contributed by atoms with E-state index in [-0.39, 0.29) is 0 Å². The molecule has 5 rings (SSSR count). The number of methoxy groups -OCH3 is 1. The molecule has 9 heteroatoms. The van der Waals surface area contributed by atoms with Crippen molar-refractivity contribution in [3.63, 3.8) is 0 Å². The van der Waals surface area contributed by atoms with Crippen molar-refractivity contribution in [3.8, 4) is 0 Å². The first-order chi connectivity index (χ1) is 16.6. The number of fused-ring (bicyclic) bond motifs is 3. The summed E-state index contributed by atoms with van der Waals surface area (Å²) in [4.78, 5) is 28.9. The average molecular weight is 545 g/mol. The second-order valence-corrected chi connectivity index (χ2v) is 11.1. The van der Waals surface area contributed by atoms with Gasteiger partial charge in [0.1, 0.15) is 17.0 Å². The number of nitrogens with one attached hydrogen (secondary N) is 1. The van der Waals surface area contributed by atoms with Crippen LogP contribution in [-0.4, -0.2) is 72.1 Å². The van der Waals surface area contributed by atoms with Gasteiger partial charge in [-0.25, -0.2) is 9.97 Å². The van der Waals surface area contributed by atoms with E-state index in [0.717, 1.165) is 84.8 Å². The van der Waals surface area contributed by atoms with Crippen molar-refractivity contribution >= 4 is 54.9 Å². The highest BCUT2D eigenvalue weighted by Crippen LogP contribution is 2.41. The van der Waals surface area contributed by atoms with Crippen LogP contribution in [0.2, 0.25) is 0 Å². The number of aromatic nitrogens is 2. The van der Waals surface area contributed by atoms with Crippen molar-refractivity contribution < 1.29 is 9.53 Å². The second kappa shape index (κ2) is 10.7. The van der Waals surface area contributed by atoms with Gasteiger partial charge in [-0.1, -0.05) is 22.0 Å². The first-order valence-corrected chi connectivity index (χ1v) is 13.5. The van der Waals surface area contributed by atoms with Crippen molar-refractivity contribution in [2.75, 3.05) is 51.8 Å². The first-order valence-electron chi connectivity index (χ1n) is 11.9. The second-order valence-electron chi connectivity index (χ2n) is 9.07. The molecule has 3 aromatic rings. The summed E-state index contributed by atoms with van der Waals surface area (Å²) in [7, 11) is 1.73. The molecule has 1 fully saturated rings. The van der Waals surface area contributed by atoms with Crippen molar-refractivity contribution in [2.24, 2.45) is 5.92 Å². The van der Waals surface area contributed by atoms with E-state index in [4.69, 9.17) is 4.74 Å². The molecule has 0 saturated carbocycles. The first kappa shape index (κ1) is 23.7. The molecule has 1 aromatic carbocycles. The highest BCUT2D eigenvalue weighted by Gasteiger charge is 2.29. The van der Waals surface area contributed by atoms with Gasteiger partial charge in [-0.15, -0.1) is 11.3 Å². The summed E-state index contributed by atoms with van der Waals surface area (Å²) in [5, 5.41) is 4.62. The van der Waals surface area contributed by atoms with Crippen LogP contribution in [0.25, 0.3) is 10.2 Å². The van der Waals surface area contributed by atoms with Gasteiger partial charge < -0.3 is 15.0 Å². The molecule has 0 radical (unpaired) electrons. The number of nitrogens with zero attached hydrogens (tertiary/aromatic N) is 4. The SMILES string of the molecule is COCCN1CCN(C(=O)CC2CCc3c(sc4ncnc(Nc5cccc(Br)c5)c34)C2)CC1. The molecule has 34 heavy (non-hydrogen) atoms. The van der Waals surface area contributed by atoms with Gasteiger partial charge in [0.15, 0.2) is 0 Å². The van der Waals surface area contributed by atoms with Crippen LogP contribution in [0.5, 0.6) is 0 Å². The van der Waals surface area contributed by atoms with Crippen LogP contribution in [-0.2, 0) is 22.4 Å². The molecule has 0 bridgehead atoms. The predicted molar refractivity (Wildman–Crippen MR) is 140 cm³/mol. The third-order valence-corrected chi connectivity index (χ3v) is 8.49. The minimum atomic E-state index is 0.303. The van der Waals surface area contributed by atoms with Crippen LogP contribution in [0, 0.1) is 5.92 Å². The third kappa shape index (κ3) is 5.27. The topological polar surface area (TPSA) is 70.6 Å². The summed E-state index contributed by atoms with van der Waals surface area (Å²) in [6.45, 7) is 5.21. The molecule has 2 aliphatic rings. The Bertz CT molecular complexity index is 1160. The van der Waals surface area contributed by atoms with E-state index in [1.807, 2.05) is 24.3 Å². The molecule has 1 N–H and O–H groups in total. The Morgan fingerprint density at radius 3 is 2.91 bits per heavy atom. The molecule has 1 atom stereocenters. The summed E-state index contributed by atoms with van der Waals surface area (Å²) in [5.41, 5.74) is 2.35. The largest absolute Gasteiger partial charge is 0.383 e. The van der Waals surface area contributed by atoms with Gasteiger partial charge in [-0.3, -0.25) is 9.69 Å². The van der Waals surface area contributed by atoms with Gasteiger partial charge in [0, 0.05) is 61.3 Å². The zero-order valence-electron chi connectivity index (χ0n) is 19.4. The number of anilines is 2. The lowest BCUT2D eigenvalue weighted by molar-refractivity contribution is -0.134. The van der Waals surface area contributed by atoms with Crippen molar-refractivity contribution in [1.29, 1.82) is 0 Å². The standard InChI is InChI=1S/C25H30BrN5O2S/c1-33-12-11-30-7-9-31(10-8-30)22(32)14-17-5-6-20-21(13-17)34-25-23(20)24(27-16-28-25)29-19-4-2-3-18(26)15-19/h2-4,15-17H,5-14H2,1H3,(H,27,28,29). The van der Waals surface area contributed by atoms with Crippen molar-refractivity contribution in [2.45, 2.75) is 25.7 Å². The minimum Gasteiger partial charge on any atom is -0.383 e. The van der Waals surface area contributed by atoms with Gasteiger partial charge in [0.2, 0.25) is 5.91 Å². The monoisotopic (exact) mass is 543 g/mol. The molecule has 1 amide bonds. The fourth-order valence-electron chi connectivity index (χ4n) is 4.97. The maximum Gasteiger partial charge on any atom is 0.222 e. The number of carbonyl (C=O) groups excluding carboxylic acids is 1. The minimum absolute atomic E-state index is 0.303. The Morgan fingerprint density at radius 1 is 1.26 bits per heavy atom. The quantitative estimate of drug-likeness (QED) is 0.473. The number of benzene rings is 1. The molecule has 3 heterocycles. The molecule has 1 aliphatic carbocycles. The summed E-state index contributed by atoms with van der Waals surface area (Å²) in [6, 6.07) is 8.10. The lowest BCUT2D eigenvalue weighted by Crippen LogP contribution is -2.49. The maximum absolute atomic E-state index is 13.0. The number of ether oxygens (including phenoxy) is 1. The van der Waals surface area contributed by atoms with E-state index in [0.29, 0.717) is 18.2 Å². The van der Waals surface area contributed by atoms with E-state index in [1.165, 1.54) is 10.4 Å². The fourth-order valence-corrected chi connectivity index (χ4v) is 6.67. The van der Waals surface area contributed by atoms with Crippen LogP contribution in [0.3, 0.4) is 0 Å². The van der Waals surface area contributed by atoms with Crippen LogP contribution in [0.15, 0.2) is 35.1 Å². The van der Waals surface area contributed by atoms with Gasteiger partial charge in [-0.2, -0.15) is 0 Å². The highest BCUT2D eigenvalue weighted by atomic mass is 79.9. The maximum atomic E-state index is 13.0. The van der Waals surface area contributed by atoms with Crippen molar-refractivity contribution in [1.82, 2.24) is 19.8 Å². The molecular formula is C25H30BrN5O2S. The van der Waals surface area contributed by atoms with Gasteiger partial charge in [0.05, 0.1) is 12.0 Å². The average Bonchev–Trinajstić information content (AvgIpc) is 3.22. The number of carbonyl (C=O) groups is 1. The zero-order chi connectivity index (χ0) is 23.5. The lowest BCUT2D eigenvalue weighted by atomic mass is 9.85. The summed E-state index contributed by atoms with van der Waals surface area (Å²) >= 11 is 5.29. The van der Waals surface area contributed by atoms with E-state index in [1.54, 1.807) is 24.8 Å². The zero-order valence-corrected chi connectivity index (χ0v) is 21.8. The van der Waals surface area contributed by atoms with Gasteiger partial charge in [-0.05, 0) is 48.9 Å². The number of halogens is 1. The number of rotatable bonds is 7. The summed E-state index contributed by atoms with van der Waals surface area (Å²) < 4.78 is 6.20. The Kier molecular flexibility index (Phi) is 7.43. The van der Waals surface area contributed by atoms with E-state index < -0.39 is 0 Å². The van der Waals surface area contributed by atoms with Crippen LogP contribution in [0.4, 0.5) is 11.5 Å². The molecule has 0 spiro atoms. The number of hydrogen-bond acceptors (Lipinski definition) is 7. The normalized spacial score (nSPS) is 18.8. The van der Waals surface area contributed by atoms with Crippen molar-refractivity contribution in [3.05, 3.63) is 45.5 Å². The van der Waals surface area contributed by atoms with Crippen LogP contribution >= 0.6 is 27.3 Å². The number of piperazine rings is 1. The third-order valence-electron chi connectivity index (χ3n) is 6.83. The molecule has 2 aromatic heterocycles. The highest BCUT2D eigenvalue weighted by molar-refractivity contribution is 9.10. The van der Waals surface area contributed by atoms with Gasteiger partial charge >= 0.3 is 0 Å². The molecule has 1 saturated heterocycles. The summed E-state index contributed by atoms with van der Waals surface area (Å²) in [6.07, 6.45) is 5.23. The van der Waals surface area contributed by atoms with Crippen LogP contribution < -0.4 is 5.32 Å². The Labute approximate surface area is 212 Å². The number of hydrogen-bond donors (Lipinski definition) is 1. The van der Waals surface area contributed by atoms with Gasteiger partial charge in [0.25, 0.3) is 0 Å². The Morgan fingerprint density at radius 2 is 2.12 bits per heavy atom. The number of thiophene rings is 1. The van der Waals surface area contributed by atoms with E-state index in [2.05, 4.69) is 41.0 Å².